The number of hydrogen-bond acceptors (Lipinski definition) is 4. The van der Waals surface area contributed by atoms with Crippen molar-refractivity contribution in [1.82, 2.24) is 8.87 Å². The first-order valence-corrected chi connectivity index (χ1v) is 11.2. The molecule has 3 aromatic rings. The maximum Gasteiger partial charge on any atom is 0.244 e. The van der Waals surface area contributed by atoms with Crippen molar-refractivity contribution in [3.05, 3.63) is 76.4 Å². The van der Waals surface area contributed by atoms with Crippen LogP contribution in [0.5, 0.6) is 0 Å². The molecule has 0 aliphatic rings. The number of para-hydroxylation sites is 1. The summed E-state index contributed by atoms with van der Waals surface area (Å²) in [4.78, 5) is 5.58. The molecule has 0 fully saturated rings. The standard InChI is InChI=1S/C20H20ClN3O2S2.BrH/c1-4-12-24-18(14-27-20(24)22-16-8-6-5-7-9-16)15-10-11-17(21)19(13-15)28(25,26)23(2)3;/h4-11,13-14H,1,12H2,2-3H3;1H. The van der Waals surface area contributed by atoms with Crippen LogP contribution in [-0.2, 0) is 16.6 Å². The molecule has 29 heavy (non-hydrogen) atoms. The Morgan fingerprint density at radius 3 is 2.52 bits per heavy atom. The highest BCUT2D eigenvalue weighted by Gasteiger charge is 2.22. The van der Waals surface area contributed by atoms with Crippen LogP contribution in [0.3, 0.4) is 0 Å². The van der Waals surface area contributed by atoms with Gasteiger partial charge in [0.2, 0.25) is 10.0 Å². The third-order valence-corrected chi connectivity index (χ3v) is 7.24. The number of nitrogens with zero attached hydrogens (tertiary/aromatic N) is 3. The van der Waals surface area contributed by atoms with Crippen molar-refractivity contribution < 1.29 is 8.42 Å². The van der Waals surface area contributed by atoms with Crippen LogP contribution in [0.2, 0.25) is 5.02 Å². The Kier molecular flexibility index (Phi) is 8.02. The molecule has 3 rings (SSSR count). The number of allylic oxidation sites excluding steroid dienone is 1. The Morgan fingerprint density at radius 2 is 1.90 bits per heavy atom. The second-order valence-electron chi connectivity index (χ2n) is 6.18. The number of thiazole rings is 1. The molecule has 0 atom stereocenters. The van der Waals surface area contributed by atoms with Crippen LogP contribution >= 0.6 is 39.9 Å². The second-order valence-corrected chi connectivity index (χ2v) is 9.55. The monoisotopic (exact) mass is 513 g/mol. The SMILES string of the molecule is Br.C=CCn1c(-c2ccc(Cl)c(S(=O)(=O)N(C)C)c2)csc1=Nc1ccccc1. The molecule has 0 aliphatic heterocycles. The van der Waals surface area contributed by atoms with Crippen LogP contribution in [0.25, 0.3) is 11.3 Å². The van der Waals surface area contributed by atoms with Gasteiger partial charge in [0.15, 0.2) is 4.80 Å². The minimum absolute atomic E-state index is 0. The molecule has 1 heterocycles. The summed E-state index contributed by atoms with van der Waals surface area (Å²) < 4.78 is 28.3. The van der Waals surface area contributed by atoms with Gasteiger partial charge in [-0.2, -0.15) is 0 Å². The van der Waals surface area contributed by atoms with E-state index in [1.54, 1.807) is 18.2 Å². The van der Waals surface area contributed by atoms with E-state index in [4.69, 9.17) is 16.6 Å². The lowest BCUT2D eigenvalue weighted by molar-refractivity contribution is 0.521. The van der Waals surface area contributed by atoms with Gasteiger partial charge in [0, 0.05) is 31.6 Å². The zero-order valence-electron chi connectivity index (χ0n) is 15.9. The zero-order valence-corrected chi connectivity index (χ0v) is 20.1. The topological polar surface area (TPSA) is 54.7 Å². The van der Waals surface area contributed by atoms with E-state index in [1.807, 2.05) is 46.3 Å². The van der Waals surface area contributed by atoms with Crippen LogP contribution < -0.4 is 4.80 Å². The summed E-state index contributed by atoms with van der Waals surface area (Å²) >= 11 is 7.67. The quantitative estimate of drug-likeness (QED) is 0.429. The van der Waals surface area contributed by atoms with E-state index >= 15 is 0 Å². The first-order valence-electron chi connectivity index (χ1n) is 8.46. The second kappa shape index (κ2) is 9.86. The average Bonchev–Trinajstić information content (AvgIpc) is 3.05. The Labute approximate surface area is 190 Å². The third-order valence-electron chi connectivity index (χ3n) is 4.08. The largest absolute Gasteiger partial charge is 0.313 e. The van der Waals surface area contributed by atoms with Crippen molar-refractivity contribution in [2.75, 3.05) is 14.1 Å². The molecule has 0 spiro atoms. The fourth-order valence-electron chi connectivity index (χ4n) is 2.62. The van der Waals surface area contributed by atoms with Gasteiger partial charge in [0.1, 0.15) is 4.90 Å². The van der Waals surface area contributed by atoms with Crippen LogP contribution in [0.15, 0.2) is 76.5 Å². The first kappa shape index (κ1) is 23.6. The van der Waals surface area contributed by atoms with E-state index < -0.39 is 10.0 Å². The molecular formula is C20H21BrClN3O2S2. The predicted molar refractivity (Wildman–Crippen MR) is 126 cm³/mol. The Hall–Kier alpha value is -1.71. The van der Waals surface area contributed by atoms with Crippen LogP contribution in [0.4, 0.5) is 5.69 Å². The minimum Gasteiger partial charge on any atom is -0.313 e. The molecule has 0 saturated carbocycles. The highest BCUT2D eigenvalue weighted by atomic mass is 79.9. The Morgan fingerprint density at radius 1 is 1.21 bits per heavy atom. The Bertz CT molecular complexity index is 1170. The number of sulfonamides is 1. The maximum atomic E-state index is 12.6. The molecule has 0 N–H and O–H groups in total. The molecular weight excluding hydrogens is 494 g/mol. The highest BCUT2D eigenvalue weighted by molar-refractivity contribution is 8.93. The van der Waals surface area contributed by atoms with Crippen LogP contribution in [0.1, 0.15) is 0 Å². The zero-order chi connectivity index (χ0) is 20.3. The van der Waals surface area contributed by atoms with Gasteiger partial charge in [0.05, 0.1) is 16.4 Å². The lowest BCUT2D eigenvalue weighted by atomic mass is 10.2. The summed E-state index contributed by atoms with van der Waals surface area (Å²) in [5.74, 6) is 0. The number of halogens is 2. The summed E-state index contributed by atoms with van der Waals surface area (Å²) in [5, 5.41) is 2.15. The number of hydrogen-bond donors (Lipinski definition) is 0. The van der Waals surface area contributed by atoms with Crippen molar-refractivity contribution in [2.45, 2.75) is 11.4 Å². The summed E-state index contributed by atoms with van der Waals surface area (Å²) in [7, 11) is -0.685. The minimum atomic E-state index is -3.65. The lowest BCUT2D eigenvalue weighted by Crippen LogP contribution is -2.22. The van der Waals surface area contributed by atoms with E-state index in [9.17, 15) is 8.42 Å². The lowest BCUT2D eigenvalue weighted by Gasteiger charge is -2.14. The molecule has 0 unspecified atom stereocenters. The molecule has 0 amide bonds. The van der Waals surface area contributed by atoms with Crippen LogP contribution in [0, 0.1) is 0 Å². The van der Waals surface area contributed by atoms with E-state index in [0.717, 1.165) is 26.1 Å². The average molecular weight is 515 g/mol. The molecule has 1 aromatic heterocycles. The van der Waals surface area contributed by atoms with Crippen molar-refractivity contribution >= 4 is 55.6 Å². The van der Waals surface area contributed by atoms with Crippen LogP contribution in [-0.4, -0.2) is 31.4 Å². The molecule has 0 saturated heterocycles. The molecule has 9 heteroatoms. The summed E-state index contributed by atoms with van der Waals surface area (Å²) in [6.07, 6.45) is 1.79. The number of benzene rings is 2. The van der Waals surface area contributed by atoms with Gasteiger partial charge >= 0.3 is 0 Å². The molecule has 0 aliphatic carbocycles. The van der Waals surface area contributed by atoms with E-state index in [2.05, 4.69) is 6.58 Å². The van der Waals surface area contributed by atoms with Gasteiger partial charge < -0.3 is 4.57 Å². The molecule has 154 valence electrons. The highest BCUT2D eigenvalue weighted by Crippen LogP contribution is 2.30. The van der Waals surface area contributed by atoms with Gasteiger partial charge in [-0.15, -0.1) is 34.9 Å². The van der Waals surface area contributed by atoms with Gasteiger partial charge in [-0.3, -0.25) is 0 Å². The van der Waals surface area contributed by atoms with Gasteiger partial charge in [-0.05, 0) is 24.3 Å². The van der Waals surface area contributed by atoms with E-state index in [0.29, 0.717) is 6.54 Å². The number of rotatable bonds is 6. The first-order chi connectivity index (χ1) is 13.3. The molecule has 0 radical (unpaired) electrons. The molecule has 2 aromatic carbocycles. The van der Waals surface area contributed by atoms with Gasteiger partial charge in [0.25, 0.3) is 0 Å². The summed E-state index contributed by atoms with van der Waals surface area (Å²) in [6.45, 7) is 4.38. The maximum absolute atomic E-state index is 12.6. The third kappa shape index (κ3) is 5.07. The predicted octanol–water partition coefficient (Wildman–Crippen LogP) is 5.12. The fourth-order valence-corrected chi connectivity index (χ4v) is 4.96. The summed E-state index contributed by atoms with van der Waals surface area (Å²) in [5.41, 5.74) is 2.45. The van der Waals surface area contributed by atoms with Gasteiger partial charge in [-0.1, -0.05) is 41.9 Å². The van der Waals surface area contributed by atoms with Gasteiger partial charge in [-0.25, -0.2) is 17.7 Å². The molecule has 0 bridgehead atoms. The molecule has 5 nitrogen and oxygen atoms in total. The Balaban J connectivity index is 0.00000300. The van der Waals surface area contributed by atoms with Crippen molar-refractivity contribution in [2.24, 2.45) is 4.99 Å². The van der Waals surface area contributed by atoms with Crippen molar-refractivity contribution in [3.8, 4) is 11.3 Å². The number of aromatic nitrogens is 1. The summed E-state index contributed by atoms with van der Waals surface area (Å²) in [6, 6.07) is 14.7. The smallest absolute Gasteiger partial charge is 0.244 e. The normalized spacial score (nSPS) is 12.1. The fraction of sp³-hybridized carbons (Fsp3) is 0.150. The van der Waals surface area contributed by atoms with E-state index in [1.165, 1.54) is 25.4 Å². The van der Waals surface area contributed by atoms with E-state index in [-0.39, 0.29) is 26.9 Å². The van der Waals surface area contributed by atoms with Crippen molar-refractivity contribution in [3.63, 3.8) is 0 Å². The van der Waals surface area contributed by atoms with Crippen molar-refractivity contribution in [1.29, 1.82) is 0 Å².